The van der Waals surface area contributed by atoms with Crippen LogP contribution in [0.25, 0.3) is 0 Å². The van der Waals surface area contributed by atoms with Crippen LogP contribution >= 0.6 is 0 Å². The van der Waals surface area contributed by atoms with E-state index in [0.717, 1.165) is 24.8 Å². The molecule has 0 aromatic heterocycles. The van der Waals surface area contributed by atoms with Crippen LogP contribution in [0.2, 0.25) is 0 Å². The second-order valence-corrected chi connectivity index (χ2v) is 14.2. The van der Waals surface area contributed by atoms with E-state index < -0.39 is 23.7 Å². The Morgan fingerprint density at radius 2 is 1.71 bits per heavy atom. The van der Waals surface area contributed by atoms with E-state index in [1.807, 2.05) is 0 Å². The number of rotatable bonds is 5. The van der Waals surface area contributed by atoms with Gasteiger partial charge in [0.15, 0.2) is 0 Å². The molecule has 4 saturated carbocycles. The zero-order valence-electron chi connectivity index (χ0n) is 22.4. The van der Waals surface area contributed by atoms with Crippen LogP contribution in [0.1, 0.15) is 86.5 Å². The minimum Gasteiger partial charge on any atom is -0.396 e. The fourth-order valence-electron chi connectivity index (χ4n) is 10.5. The van der Waals surface area contributed by atoms with Gasteiger partial charge in [0.1, 0.15) is 0 Å². The number of aliphatic hydroxyl groups excluding tert-OH is 4. The third-order valence-corrected chi connectivity index (χ3v) is 12.9. The smallest absolute Gasteiger partial charge is 0.0659 e. The van der Waals surface area contributed by atoms with Gasteiger partial charge in [-0.15, -0.1) is 0 Å². The maximum absolute atomic E-state index is 11.7. The number of fused-ring (bicyclic) bond motifs is 5. The van der Waals surface area contributed by atoms with Gasteiger partial charge in [0.2, 0.25) is 0 Å². The summed E-state index contributed by atoms with van der Waals surface area (Å²) in [6.45, 7) is 14.3. The van der Waals surface area contributed by atoms with Crippen molar-refractivity contribution in [3.63, 3.8) is 0 Å². The highest BCUT2D eigenvalue weighted by atomic mass is 16.3. The van der Waals surface area contributed by atoms with Gasteiger partial charge < -0.3 is 20.4 Å². The molecule has 4 fully saturated rings. The van der Waals surface area contributed by atoms with E-state index in [2.05, 4.69) is 47.6 Å². The van der Waals surface area contributed by atoms with E-state index >= 15 is 0 Å². The van der Waals surface area contributed by atoms with Crippen LogP contribution in [0.5, 0.6) is 0 Å². The highest BCUT2D eigenvalue weighted by Crippen LogP contribution is 2.71. The van der Waals surface area contributed by atoms with E-state index in [4.69, 9.17) is 0 Å². The van der Waals surface area contributed by atoms with Crippen LogP contribution in [-0.4, -0.2) is 45.3 Å². The summed E-state index contributed by atoms with van der Waals surface area (Å²) in [6.07, 6.45) is 6.82. The van der Waals surface area contributed by atoms with Gasteiger partial charge in [-0.2, -0.15) is 0 Å². The molecule has 0 aromatic carbocycles. The van der Waals surface area contributed by atoms with Gasteiger partial charge in [-0.25, -0.2) is 0 Å². The average Bonchev–Trinajstić information content (AvgIpc) is 3.33. The van der Waals surface area contributed by atoms with Crippen molar-refractivity contribution in [2.75, 3.05) is 6.61 Å². The maximum Gasteiger partial charge on any atom is 0.0659 e. The summed E-state index contributed by atoms with van der Waals surface area (Å²) in [6, 6.07) is 0. The zero-order chi connectivity index (χ0) is 24.8. The van der Waals surface area contributed by atoms with Gasteiger partial charge >= 0.3 is 0 Å². The van der Waals surface area contributed by atoms with E-state index in [1.165, 1.54) is 6.42 Å². The normalized spacial score (nSPS) is 54.0. The maximum atomic E-state index is 11.7. The molecular formula is C30H50O4. The Bertz CT molecular complexity index is 823. The van der Waals surface area contributed by atoms with Crippen molar-refractivity contribution in [1.29, 1.82) is 0 Å². The summed E-state index contributed by atoms with van der Waals surface area (Å²) >= 11 is 0. The SMILES string of the molecule is CC(C)[C@@H](C)[C@@]1(C)C[C@@H]1[C@@H](C)[C@H]1CC[C@H]2[C@@H]3CC=C4C[C@@H](O)C[C@H](O)[C@]4(C)[C@H]3[C@H](O)C[C@]12CO. The second-order valence-electron chi connectivity index (χ2n) is 14.2. The molecule has 0 unspecified atom stereocenters. The van der Waals surface area contributed by atoms with Gasteiger partial charge in [-0.3, -0.25) is 0 Å². The van der Waals surface area contributed by atoms with Gasteiger partial charge in [0, 0.05) is 23.9 Å². The summed E-state index contributed by atoms with van der Waals surface area (Å²) in [4.78, 5) is 0. The topological polar surface area (TPSA) is 80.9 Å². The molecule has 0 amide bonds. The van der Waals surface area contributed by atoms with Gasteiger partial charge in [0.05, 0.1) is 18.3 Å². The average molecular weight is 475 g/mol. The predicted molar refractivity (Wildman–Crippen MR) is 135 cm³/mol. The molecule has 0 aromatic rings. The second kappa shape index (κ2) is 8.30. The third-order valence-electron chi connectivity index (χ3n) is 12.9. The molecule has 194 valence electrons. The molecule has 0 radical (unpaired) electrons. The fraction of sp³-hybridized carbons (Fsp3) is 0.933. The fourth-order valence-corrected chi connectivity index (χ4v) is 10.5. The summed E-state index contributed by atoms with van der Waals surface area (Å²) in [5.74, 6) is 3.84. The van der Waals surface area contributed by atoms with Crippen LogP contribution in [0.4, 0.5) is 0 Å². The molecular weight excluding hydrogens is 424 g/mol. The summed E-state index contributed by atoms with van der Waals surface area (Å²) in [5.41, 5.74) is 0.885. The summed E-state index contributed by atoms with van der Waals surface area (Å²) < 4.78 is 0. The number of allylic oxidation sites excluding steroid dienone is 1. The van der Waals surface area contributed by atoms with Crippen LogP contribution in [0, 0.1) is 63.6 Å². The number of hydrogen-bond donors (Lipinski definition) is 4. The van der Waals surface area contributed by atoms with E-state index in [9.17, 15) is 20.4 Å². The lowest BCUT2D eigenvalue weighted by molar-refractivity contribution is -0.173. The standard InChI is InChI=1S/C30H50O4/c1-16(2)18(4)28(5)13-24(28)17(3)22-9-10-23-21-8-7-19-11-20(32)12-26(34)29(19,6)27(21)25(33)14-30(22,23)15-31/h7,16-18,20-27,31-34H,8-15H2,1-6H3/t17-,18+,20+,21-,22+,23-,24+,25+,26-,27+,28+,29+,30-/m0/s1. The lowest BCUT2D eigenvalue weighted by atomic mass is 9.45. The van der Waals surface area contributed by atoms with Crippen molar-refractivity contribution in [2.45, 2.75) is 105 Å². The lowest BCUT2D eigenvalue weighted by Gasteiger charge is -2.61. The molecule has 5 rings (SSSR count). The van der Waals surface area contributed by atoms with Crippen molar-refractivity contribution in [3.8, 4) is 0 Å². The van der Waals surface area contributed by atoms with Crippen LogP contribution in [0.15, 0.2) is 11.6 Å². The predicted octanol–water partition coefficient (Wildman–Crippen LogP) is 4.79. The number of hydrogen-bond acceptors (Lipinski definition) is 4. The minimum atomic E-state index is -0.618. The van der Waals surface area contributed by atoms with Gasteiger partial charge in [-0.1, -0.05) is 53.2 Å². The number of aliphatic hydroxyl groups is 4. The van der Waals surface area contributed by atoms with Crippen LogP contribution < -0.4 is 0 Å². The molecule has 0 aliphatic heterocycles. The first kappa shape index (κ1) is 25.2. The monoisotopic (exact) mass is 474 g/mol. The Balaban J connectivity index is 1.44. The van der Waals surface area contributed by atoms with Crippen molar-refractivity contribution >= 4 is 0 Å². The molecule has 4 heteroatoms. The van der Waals surface area contributed by atoms with Crippen molar-refractivity contribution < 1.29 is 20.4 Å². The highest BCUT2D eigenvalue weighted by molar-refractivity contribution is 5.29. The van der Waals surface area contributed by atoms with Gasteiger partial charge in [0.25, 0.3) is 0 Å². The highest BCUT2D eigenvalue weighted by Gasteiger charge is 2.67. The van der Waals surface area contributed by atoms with E-state index in [-0.39, 0.29) is 17.9 Å². The molecule has 4 nitrogen and oxygen atoms in total. The van der Waals surface area contributed by atoms with E-state index in [0.29, 0.717) is 66.1 Å². The zero-order valence-corrected chi connectivity index (χ0v) is 22.4. The van der Waals surface area contributed by atoms with Crippen LogP contribution in [-0.2, 0) is 0 Å². The molecule has 5 aliphatic carbocycles. The Morgan fingerprint density at radius 3 is 2.35 bits per heavy atom. The minimum absolute atomic E-state index is 0.0147. The van der Waals surface area contributed by atoms with Crippen LogP contribution in [0.3, 0.4) is 0 Å². The quantitative estimate of drug-likeness (QED) is 0.432. The third kappa shape index (κ3) is 3.30. The molecule has 0 heterocycles. The van der Waals surface area contributed by atoms with Gasteiger partial charge in [-0.05, 0) is 91.3 Å². The molecule has 13 atom stereocenters. The first-order valence-electron chi connectivity index (χ1n) is 14.3. The molecule has 34 heavy (non-hydrogen) atoms. The Kier molecular flexibility index (Phi) is 6.16. The first-order chi connectivity index (χ1) is 15.9. The van der Waals surface area contributed by atoms with Crippen molar-refractivity contribution in [1.82, 2.24) is 0 Å². The first-order valence-corrected chi connectivity index (χ1v) is 14.3. The van der Waals surface area contributed by atoms with E-state index in [1.54, 1.807) is 0 Å². The Hall–Kier alpha value is -0.420. The molecule has 5 aliphatic rings. The summed E-state index contributed by atoms with van der Waals surface area (Å²) in [7, 11) is 0. The largest absolute Gasteiger partial charge is 0.396 e. The lowest BCUT2D eigenvalue weighted by Crippen LogP contribution is -2.61. The summed E-state index contributed by atoms with van der Waals surface area (Å²) in [5, 5.41) is 44.2. The molecule has 4 N–H and O–H groups in total. The Labute approximate surface area is 207 Å². The molecule has 0 bridgehead atoms. The molecule has 0 spiro atoms. The van der Waals surface area contributed by atoms with Crippen molar-refractivity contribution in [3.05, 3.63) is 11.6 Å². The molecule has 0 saturated heterocycles. The van der Waals surface area contributed by atoms with Crippen molar-refractivity contribution in [2.24, 2.45) is 63.6 Å². The Morgan fingerprint density at radius 1 is 1.00 bits per heavy atom.